The molecule has 7 nitrogen and oxygen atoms in total. The summed E-state index contributed by atoms with van der Waals surface area (Å²) in [6, 6.07) is 20.2. The summed E-state index contributed by atoms with van der Waals surface area (Å²) in [5.74, 6) is 0.371. The standard InChI is InChI=1S/C23H19N3O4S/c1-29-16-9-12-20(21(13-16)30-2)26-14-19(24-25-26)18-5-3-4-6-22(18)31-17-10-7-15(8-11-17)23(27)28/h3-14H,1-2H3,(H,27,28). The van der Waals surface area contributed by atoms with Crippen LogP contribution in [0.25, 0.3) is 16.9 Å². The Labute approximate surface area is 183 Å². The molecule has 0 radical (unpaired) electrons. The molecule has 3 aromatic carbocycles. The Morgan fingerprint density at radius 1 is 1.00 bits per heavy atom. The van der Waals surface area contributed by atoms with Gasteiger partial charge in [0.15, 0.2) is 0 Å². The van der Waals surface area contributed by atoms with E-state index in [4.69, 9.17) is 14.6 Å². The summed E-state index contributed by atoms with van der Waals surface area (Å²) < 4.78 is 12.4. The second-order valence-electron chi connectivity index (χ2n) is 6.51. The number of benzene rings is 3. The van der Waals surface area contributed by atoms with E-state index in [2.05, 4.69) is 10.3 Å². The van der Waals surface area contributed by atoms with Gasteiger partial charge in [0.2, 0.25) is 0 Å². The van der Waals surface area contributed by atoms with E-state index in [1.165, 1.54) is 11.8 Å². The number of aromatic carboxylic acids is 1. The van der Waals surface area contributed by atoms with Gasteiger partial charge in [0.1, 0.15) is 22.9 Å². The molecule has 0 bridgehead atoms. The molecule has 0 unspecified atom stereocenters. The quantitative estimate of drug-likeness (QED) is 0.448. The van der Waals surface area contributed by atoms with Gasteiger partial charge in [-0.3, -0.25) is 0 Å². The molecule has 0 aliphatic carbocycles. The van der Waals surface area contributed by atoms with Gasteiger partial charge in [-0.2, -0.15) is 0 Å². The fraction of sp³-hybridized carbons (Fsp3) is 0.0870. The highest BCUT2D eigenvalue weighted by molar-refractivity contribution is 7.99. The van der Waals surface area contributed by atoms with Crippen molar-refractivity contribution in [2.45, 2.75) is 9.79 Å². The zero-order valence-corrected chi connectivity index (χ0v) is 17.7. The van der Waals surface area contributed by atoms with E-state index in [1.807, 2.05) is 42.6 Å². The van der Waals surface area contributed by atoms with E-state index in [9.17, 15) is 4.79 Å². The zero-order valence-electron chi connectivity index (χ0n) is 16.9. The minimum atomic E-state index is -0.942. The second-order valence-corrected chi connectivity index (χ2v) is 7.63. The molecule has 0 aliphatic heterocycles. The zero-order chi connectivity index (χ0) is 21.8. The van der Waals surface area contributed by atoms with Crippen molar-refractivity contribution in [3.05, 3.63) is 78.5 Å². The highest BCUT2D eigenvalue weighted by Gasteiger charge is 2.14. The highest BCUT2D eigenvalue weighted by atomic mass is 32.2. The fourth-order valence-electron chi connectivity index (χ4n) is 3.04. The number of nitrogens with zero attached hydrogens (tertiary/aromatic N) is 3. The molecule has 1 N–H and O–H groups in total. The maximum atomic E-state index is 11.1. The van der Waals surface area contributed by atoms with Crippen LogP contribution < -0.4 is 9.47 Å². The molecule has 0 aliphatic rings. The molecule has 0 spiro atoms. The number of methoxy groups -OCH3 is 2. The summed E-state index contributed by atoms with van der Waals surface area (Å²) in [5, 5.41) is 17.7. The van der Waals surface area contributed by atoms with Crippen molar-refractivity contribution < 1.29 is 19.4 Å². The molecule has 0 saturated carbocycles. The SMILES string of the molecule is COc1ccc(-n2cc(-c3ccccc3Sc3ccc(C(=O)O)cc3)nn2)c(OC)c1. The molecule has 0 saturated heterocycles. The van der Waals surface area contributed by atoms with Crippen molar-refractivity contribution in [3.8, 4) is 28.4 Å². The maximum absolute atomic E-state index is 11.1. The van der Waals surface area contributed by atoms with E-state index < -0.39 is 5.97 Å². The molecule has 156 valence electrons. The average Bonchev–Trinajstić information content (AvgIpc) is 3.29. The molecular formula is C23H19N3O4S. The van der Waals surface area contributed by atoms with E-state index >= 15 is 0 Å². The van der Waals surface area contributed by atoms with Gasteiger partial charge in [0.05, 0.1) is 26.0 Å². The third-order valence-corrected chi connectivity index (χ3v) is 5.70. The number of carboxylic acids is 1. The predicted molar refractivity (Wildman–Crippen MR) is 117 cm³/mol. The Morgan fingerprint density at radius 3 is 2.48 bits per heavy atom. The first-order valence-electron chi connectivity index (χ1n) is 9.34. The molecule has 0 fully saturated rings. The average molecular weight is 433 g/mol. The van der Waals surface area contributed by atoms with Gasteiger partial charge in [-0.15, -0.1) is 5.10 Å². The summed E-state index contributed by atoms with van der Waals surface area (Å²) in [4.78, 5) is 13.0. The number of hydrogen-bond donors (Lipinski definition) is 1. The van der Waals surface area contributed by atoms with Gasteiger partial charge < -0.3 is 14.6 Å². The van der Waals surface area contributed by atoms with Crippen LogP contribution in [-0.4, -0.2) is 40.3 Å². The molecule has 0 amide bonds. The summed E-state index contributed by atoms with van der Waals surface area (Å²) in [6.45, 7) is 0. The normalized spacial score (nSPS) is 10.6. The molecule has 4 aromatic rings. The first kappa shape index (κ1) is 20.5. The predicted octanol–water partition coefficient (Wildman–Crippen LogP) is 4.80. The van der Waals surface area contributed by atoms with Crippen molar-refractivity contribution in [1.29, 1.82) is 0 Å². The monoisotopic (exact) mass is 433 g/mol. The fourth-order valence-corrected chi connectivity index (χ4v) is 3.99. The number of hydrogen-bond acceptors (Lipinski definition) is 6. The molecule has 8 heteroatoms. The number of ether oxygens (including phenoxy) is 2. The van der Waals surface area contributed by atoms with Crippen LogP contribution in [0.3, 0.4) is 0 Å². The van der Waals surface area contributed by atoms with Gasteiger partial charge in [-0.05, 0) is 42.5 Å². The van der Waals surface area contributed by atoms with Crippen molar-refractivity contribution in [2.24, 2.45) is 0 Å². The van der Waals surface area contributed by atoms with Gasteiger partial charge in [-0.1, -0.05) is 35.2 Å². The van der Waals surface area contributed by atoms with Crippen LogP contribution >= 0.6 is 11.8 Å². The van der Waals surface area contributed by atoms with E-state index in [0.29, 0.717) is 17.2 Å². The summed E-state index contributed by atoms with van der Waals surface area (Å²) in [5.41, 5.74) is 2.64. The smallest absolute Gasteiger partial charge is 0.335 e. The van der Waals surface area contributed by atoms with Crippen molar-refractivity contribution in [2.75, 3.05) is 14.2 Å². The van der Waals surface area contributed by atoms with Gasteiger partial charge >= 0.3 is 5.97 Å². The summed E-state index contributed by atoms with van der Waals surface area (Å²) in [6.07, 6.45) is 1.84. The maximum Gasteiger partial charge on any atom is 0.335 e. The van der Waals surface area contributed by atoms with Crippen LogP contribution in [0.2, 0.25) is 0 Å². The molecule has 0 atom stereocenters. The Kier molecular flexibility index (Phi) is 5.90. The van der Waals surface area contributed by atoms with Crippen molar-refractivity contribution >= 4 is 17.7 Å². The van der Waals surface area contributed by atoms with E-state index in [0.717, 1.165) is 21.0 Å². The minimum Gasteiger partial charge on any atom is -0.497 e. The van der Waals surface area contributed by atoms with Crippen molar-refractivity contribution in [3.63, 3.8) is 0 Å². The lowest BCUT2D eigenvalue weighted by Gasteiger charge is -2.09. The third kappa shape index (κ3) is 4.39. The Bertz CT molecular complexity index is 1220. The third-order valence-electron chi connectivity index (χ3n) is 4.62. The Hall–Kier alpha value is -3.78. The van der Waals surface area contributed by atoms with Crippen LogP contribution in [0, 0.1) is 0 Å². The molecular weight excluding hydrogens is 414 g/mol. The largest absolute Gasteiger partial charge is 0.497 e. The lowest BCUT2D eigenvalue weighted by molar-refractivity contribution is 0.0697. The lowest BCUT2D eigenvalue weighted by Crippen LogP contribution is -1.99. The topological polar surface area (TPSA) is 86.5 Å². The first-order chi connectivity index (χ1) is 15.1. The molecule has 4 rings (SSSR count). The first-order valence-corrected chi connectivity index (χ1v) is 10.2. The molecule has 1 heterocycles. The van der Waals surface area contributed by atoms with Crippen LogP contribution in [0.15, 0.2) is 82.7 Å². The number of rotatable bonds is 7. The van der Waals surface area contributed by atoms with Gasteiger partial charge in [-0.25, -0.2) is 9.48 Å². The second kappa shape index (κ2) is 8.93. The number of aromatic nitrogens is 3. The lowest BCUT2D eigenvalue weighted by atomic mass is 10.2. The minimum absolute atomic E-state index is 0.258. The number of carbonyl (C=O) groups is 1. The van der Waals surface area contributed by atoms with E-state index in [-0.39, 0.29) is 5.56 Å². The van der Waals surface area contributed by atoms with Gasteiger partial charge in [0.25, 0.3) is 0 Å². The number of carboxylic acid groups (broad SMARTS) is 1. The van der Waals surface area contributed by atoms with Crippen LogP contribution in [0.4, 0.5) is 0 Å². The van der Waals surface area contributed by atoms with E-state index in [1.54, 1.807) is 49.2 Å². The highest BCUT2D eigenvalue weighted by Crippen LogP contribution is 2.36. The summed E-state index contributed by atoms with van der Waals surface area (Å²) >= 11 is 1.54. The van der Waals surface area contributed by atoms with Crippen LogP contribution in [-0.2, 0) is 0 Å². The Balaban J connectivity index is 1.65. The van der Waals surface area contributed by atoms with Crippen LogP contribution in [0.5, 0.6) is 11.5 Å². The molecule has 31 heavy (non-hydrogen) atoms. The van der Waals surface area contributed by atoms with Crippen LogP contribution in [0.1, 0.15) is 10.4 Å². The Morgan fingerprint density at radius 2 is 1.77 bits per heavy atom. The summed E-state index contributed by atoms with van der Waals surface area (Å²) in [7, 11) is 3.20. The van der Waals surface area contributed by atoms with Gasteiger partial charge in [0, 0.05) is 21.4 Å². The molecule has 1 aromatic heterocycles. The van der Waals surface area contributed by atoms with Crippen molar-refractivity contribution in [1.82, 2.24) is 15.0 Å².